The molecule has 242 valence electrons. The minimum Gasteiger partial charge on any atom is -0.348 e. The predicted molar refractivity (Wildman–Crippen MR) is 175 cm³/mol. The first kappa shape index (κ1) is 34.3. The number of nitro groups is 1. The minimum absolute atomic E-state index is 0.0276. The van der Waals surface area contributed by atoms with Crippen LogP contribution < -0.4 is 10.0 Å². The van der Waals surface area contributed by atoms with Crippen LogP contribution in [0.25, 0.3) is 11.1 Å². The van der Waals surface area contributed by atoms with Crippen molar-refractivity contribution >= 4 is 49.1 Å². The highest BCUT2D eigenvalue weighted by molar-refractivity contribution is 9.10. The maximum atomic E-state index is 14.2. The monoisotopic (exact) mass is 702 g/mol. The lowest BCUT2D eigenvalue weighted by Crippen LogP contribution is -2.50. The third-order valence-corrected chi connectivity index (χ3v) is 10.2. The number of nitrogens with one attached hydrogen (secondary N) is 3. The average molecular weight is 704 g/mol. The van der Waals surface area contributed by atoms with Crippen LogP contribution in [0.15, 0.2) is 52.1 Å². The predicted octanol–water partition coefficient (Wildman–Crippen LogP) is 5.72. The molecule has 12 nitrogen and oxygen atoms in total. The molecule has 4 rings (SSSR count). The summed E-state index contributed by atoms with van der Waals surface area (Å²) in [6.07, 6.45) is 5.73. The van der Waals surface area contributed by atoms with Gasteiger partial charge in [0.05, 0.1) is 22.6 Å². The standard InChI is InChI=1S/C31H39BrN6O6S/c1-4-21-12-14-37(15-13-21)31(40)27(11-7-10-26-20(3)33-19-34-26)36-45(43,44)28-18-23(32)17-25(30(28)35-29(39)5-2)22-8-6-9-24(16-22)38(41)42/h6,8-9,16-19,21,27,36H,4-5,7,10-15H2,1-3H3,(H,33,34)(H,35,39). The van der Waals surface area contributed by atoms with E-state index in [4.69, 9.17) is 0 Å². The SMILES string of the molecule is CCC(=O)Nc1c(-c2cccc([N+](=O)[O-])c2)cc(Br)cc1S(=O)(=O)NC(CCCc1nc[nH]c1C)C(=O)N1CCC(CC)CC1. The molecule has 1 aliphatic rings. The van der Waals surface area contributed by atoms with Crippen molar-refractivity contribution < 1.29 is 22.9 Å². The number of non-ortho nitro benzene ring substituents is 1. The molecule has 2 heterocycles. The van der Waals surface area contributed by atoms with Crippen LogP contribution in [0.1, 0.15) is 63.8 Å². The van der Waals surface area contributed by atoms with E-state index in [0.29, 0.717) is 41.9 Å². The number of imidazole rings is 1. The van der Waals surface area contributed by atoms with Gasteiger partial charge in [0.1, 0.15) is 10.9 Å². The summed E-state index contributed by atoms with van der Waals surface area (Å²) < 4.78 is 31.4. The maximum Gasteiger partial charge on any atom is 0.270 e. The molecular formula is C31H39BrN6O6S. The molecule has 1 fully saturated rings. The zero-order valence-electron chi connectivity index (χ0n) is 25.6. The summed E-state index contributed by atoms with van der Waals surface area (Å²) >= 11 is 3.38. The Bertz CT molecular complexity index is 1650. The van der Waals surface area contributed by atoms with E-state index in [9.17, 15) is 28.1 Å². The number of anilines is 1. The number of aryl methyl sites for hydroxylation is 2. The third kappa shape index (κ3) is 8.56. The average Bonchev–Trinajstić information content (AvgIpc) is 3.44. The Kier molecular flexibility index (Phi) is 11.5. The number of H-pyrrole nitrogens is 1. The molecule has 1 saturated heterocycles. The summed E-state index contributed by atoms with van der Waals surface area (Å²) in [7, 11) is -4.41. The van der Waals surface area contributed by atoms with Gasteiger partial charge < -0.3 is 15.2 Å². The first-order valence-corrected chi connectivity index (χ1v) is 17.4. The van der Waals surface area contributed by atoms with Crippen LogP contribution in [-0.4, -0.2) is 59.2 Å². The first-order valence-electron chi connectivity index (χ1n) is 15.1. The Balaban J connectivity index is 1.72. The first-order chi connectivity index (χ1) is 21.4. The number of benzene rings is 2. The Hall–Kier alpha value is -3.62. The fourth-order valence-corrected chi connectivity index (χ4v) is 7.59. The summed E-state index contributed by atoms with van der Waals surface area (Å²) in [6.45, 7) is 6.78. The van der Waals surface area contributed by atoms with E-state index in [-0.39, 0.29) is 40.6 Å². The molecule has 1 aromatic heterocycles. The quantitative estimate of drug-likeness (QED) is 0.151. The summed E-state index contributed by atoms with van der Waals surface area (Å²) in [6, 6.07) is 7.63. The number of amides is 2. The number of halogens is 1. The smallest absolute Gasteiger partial charge is 0.270 e. The van der Waals surface area contributed by atoms with Crippen molar-refractivity contribution in [3.63, 3.8) is 0 Å². The van der Waals surface area contributed by atoms with Gasteiger partial charge in [0.2, 0.25) is 21.8 Å². The topological polar surface area (TPSA) is 167 Å². The van der Waals surface area contributed by atoms with Gasteiger partial charge in [-0.15, -0.1) is 0 Å². The zero-order valence-corrected chi connectivity index (χ0v) is 28.0. The van der Waals surface area contributed by atoms with E-state index in [0.717, 1.165) is 30.7 Å². The van der Waals surface area contributed by atoms with Crippen LogP contribution in [0, 0.1) is 23.0 Å². The summed E-state index contributed by atoms with van der Waals surface area (Å²) in [4.78, 5) is 46.3. The zero-order chi connectivity index (χ0) is 32.7. The van der Waals surface area contributed by atoms with Crippen molar-refractivity contribution in [2.75, 3.05) is 18.4 Å². The van der Waals surface area contributed by atoms with Crippen molar-refractivity contribution in [3.05, 3.63) is 68.7 Å². The molecule has 0 radical (unpaired) electrons. The summed E-state index contributed by atoms with van der Waals surface area (Å²) in [5, 5.41) is 14.2. The van der Waals surface area contributed by atoms with Gasteiger partial charge in [-0.25, -0.2) is 13.4 Å². The molecule has 0 bridgehead atoms. The number of carbonyl (C=O) groups excluding carboxylic acids is 2. The molecule has 2 amide bonds. The molecule has 1 atom stereocenters. The van der Waals surface area contributed by atoms with Crippen LogP contribution in [0.4, 0.5) is 11.4 Å². The highest BCUT2D eigenvalue weighted by Gasteiger charge is 2.33. The molecule has 45 heavy (non-hydrogen) atoms. The fourth-order valence-electron chi connectivity index (χ4n) is 5.54. The largest absolute Gasteiger partial charge is 0.348 e. The number of hydrogen-bond donors (Lipinski definition) is 3. The van der Waals surface area contributed by atoms with Crippen molar-refractivity contribution in [2.24, 2.45) is 5.92 Å². The second-order valence-electron chi connectivity index (χ2n) is 11.3. The number of piperidine rings is 1. The Morgan fingerprint density at radius 3 is 2.56 bits per heavy atom. The minimum atomic E-state index is -4.41. The van der Waals surface area contributed by atoms with Crippen molar-refractivity contribution in [3.8, 4) is 11.1 Å². The van der Waals surface area contributed by atoms with Gasteiger partial charge in [-0.3, -0.25) is 19.7 Å². The van der Waals surface area contributed by atoms with E-state index in [1.807, 2.05) is 6.92 Å². The Morgan fingerprint density at radius 2 is 1.93 bits per heavy atom. The summed E-state index contributed by atoms with van der Waals surface area (Å²) in [5.74, 6) is -0.202. The maximum absolute atomic E-state index is 14.2. The number of rotatable bonds is 13. The van der Waals surface area contributed by atoms with Crippen LogP contribution in [0.5, 0.6) is 0 Å². The number of aromatic nitrogens is 2. The van der Waals surface area contributed by atoms with E-state index < -0.39 is 26.9 Å². The van der Waals surface area contributed by atoms with Crippen molar-refractivity contribution in [2.45, 2.75) is 76.7 Å². The third-order valence-electron chi connectivity index (χ3n) is 8.25. The van der Waals surface area contributed by atoms with Gasteiger partial charge in [-0.05, 0) is 62.6 Å². The number of nitro benzene ring substituents is 1. The molecule has 2 aromatic carbocycles. The van der Waals surface area contributed by atoms with Crippen LogP contribution in [0.2, 0.25) is 0 Å². The lowest BCUT2D eigenvalue weighted by Gasteiger charge is -2.34. The van der Waals surface area contributed by atoms with Gasteiger partial charge in [0, 0.05) is 47.4 Å². The molecule has 1 aliphatic heterocycles. The van der Waals surface area contributed by atoms with Crippen LogP contribution in [-0.2, 0) is 26.0 Å². The molecule has 0 aliphatic carbocycles. The van der Waals surface area contributed by atoms with Gasteiger partial charge in [0.15, 0.2) is 0 Å². The van der Waals surface area contributed by atoms with Crippen LogP contribution in [0.3, 0.4) is 0 Å². The second kappa shape index (κ2) is 15.1. The number of carbonyl (C=O) groups is 2. The summed E-state index contributed by atoms with van der Waals surface area (Å²) in [5.41, 5.74) is 2.17. The lowest BCUT2D eigenvalue weighted by atomic mass is 9.94. The molecule has 1 unspecified atom stereocenters. The van der Waals surface area contributed by atoms with Crippen molar-refractivity contribution in [1.82, 2.24) is 19.6 Å². The molecule has 0 saturated carbocycles. The number of likely N-dealkylation sites (tertiary alicyclic amines) is 1. The lowest BCUT2D eigenvalue weighted by molar-refractivity contribution is -0.384. The second-order valence-corrected chi connectivity index (χ2v) is 13.9. The highest BCUT2D eigenvalue weighted by atomic mass is 79.9. The van der Waals surface area contributed by atoms with Gasteiger partial charge in [-0.1, -0.05) is 48.3 Å². The Labute approximate surface area is 271 Å². The normalized spacial score (nSPS) is 14.7. The molecule has 3 N–H and O–H groups in total. The highest BCUT2D eigenvalue weighted by Crippen LogP contribution is 2.38. The van der Waals surface area contributed by atoms with Crippen molar-refractivity contribution in [1.29, 1.82) is 0 Å². The molecule has 3 aromatic rings. The van der Waals surface area contributed by atoms with Gasteiger partial charge in [0.25, 0.3) is 5.69 Å². The Morgan fingerprint density at radius 1 is 1.20 bits per heavy atom. The number of hydrogen-bond acceptors (Lipinski definition) is 7. The van der Waals surface area contributed by atoms with Gasteiger partial charge in [-0.2, -0.15) is 4.72 Å². The van der Waals surface area contributed by atoms with Crippen LogP contribution >= 0.6 is 15.9 Å². The number of aromatic amines is 1. The van der Waals surface area contributed by atoms with E-state index >= 15 is 0 Å². The molecule has 14 heteroatoms. The van der Waals surface area contributed by atoms with Gasteiger partial charge >= 0.3 is 0 Å². The van der Waals surface area contributed by atoms with E-state index in [1.54, 1.807) is 30.3 Å². The molecular weight excluding hydrogens is 664 g/mol. The number of sulfonamides is 1. The van der Waals surface area contributed by atoms with E-state index in [1.165, 1.54) is 24.3 Å². The fraction of sp³-hybridized carbons (Fsp3) is 0.452. The van der Waals surface area contributed by atoms with E-state index in [2.05, 4.69) is 42.9 Å². The number of nitrogens with zero attached hydrogens (tertiary/aromatic N) is 3. The molecule has 0 spiro atoms.